The van der Waals surface area contributed by atoms with E-state index >= 15 is 0 Å². The van der Waals surface area contributed by atoms with E-state index in [9.17, 15) is 0 Å². The van der Waals surface area contributed by atoms with Crippen molar-refractivity contribution in [3.63, 3.8) is 0 Å². The maximum absolute atomic E-state index is 4.43. The van der Waals surface area contributed by atoms with Gasteiger partial charge < -0.3 is 0 Å². The lowest BCUT2D eigenvalue weighted by Crippen LogP contribution is -2.05. The summed E-state index contributed by atoms with van der Waals surface area (Å²) in [7, 11) is 0. The fourth-order valence-corrected chi connectivity index (χ4v) is 2.55. The van der Waals surface area contributed by atoms with Gasteiger partial charge in [0.15, 0.2) is 5.82 Å². The lowest BCUT2D eigenvalue weighted by Gasteiger charge is -2.21. The quantitative estimate of drug-likeness (QED) is 0.809. The lowest BCUT2D eigenvalue weighted by molar-refractivity contribution is 0.442. The highest BCUT2D eigenvalue weighted by atomic mass is 14.9. The van der Waals surface area contributed by atoms with Crippen molar-refractivity contribution in [2.75, 3.05) is 0 Å². The molecule has 0 amide bonds. The second kappa shape index (κ2) is 5.21. The Balaban J connectivity index is 1.80. The Kier molecular flexibility index (Phi) is 3.26. The van der Waals surface area contributed by atoms with Crippen LogP contribution in [-0.4, -0.2) is 19.9 Å². The van der Waals surface area contributed by atoms with Crippen molar-refractivity contribution in [3.8, 4) is 11.4 Å². The third-order valence-corrected chi connectivity index (χ3v) is 3.57. The molecule has 0 spiro atoms. The molecule has 0 atom stereocenters. The van der Waals surface area contributed by atoms with E-state index in [4.69, 9.17) is 0 Å². The average molecular weight is 240 g/mol. The van der Waals surface area contributed by atoms with E-state index in [2.05, 4.69) is 19.9 Å². The molecule has 0 aromatic carbocycles. The van der Waals surface area contributed by atoms with Gasteiger partial charge in [-0.2, -0.15) is 0 Å². The molecule has 0 saturated heterocycles. The highest BCUT2D eigenvalue weighted by molar-refractivity contribution is 5.51. The molecule has 2 aromatic heterocycles. The van der Waals surface area contributed by atoms with Crippen molar-refractivity contribution in [1.29, 1.82) is 0 Å². The zero-order valence-corrected chi connectivity index (χ0v) is 10.3. The first-order valence-corrected chi connectivity index (χ1v) is 6.51. The maximum atomic E-state index is 4.43. The fourth-order valence-electron chi connectivity index (χ4n) is 2.55. The number of nitrogens with zero attached hydrogens (tertiary/aromatic N) is 4. The maximum Gasteiger partial charge on any atom is 0.162 e. The standard InChI is InChI=1S/C14H16N4/c1-2-4-11(5-3-1)12-8-17-14(18-9-12)13-6-15-10-16-7-13/h6-11H,1-5H2. The summed E-state index contributed by atoms with van der Waals surface area (Å²) in [4.78, 5) is 16.8. The van der Waals surface area contributed by atoms with Crippen LogP contribution in [0.3, 0.4) is 0 Å². The van der Waals surface area contributed by atoms with Crippen LogP contribution in [0.25, 0.3) is 11.4 Å². The molecule has 0 radical (unpaired) electrons. The molecule has 0 aliphatic heterocycles. The van der Waals surface area contributed by atoms with Gasteiger partial charge in [0.2, 0.25) is 0 Å². The van der Waals surface area contributed by atoms with Crippen LogP contribution in [0.5, 0.6) is 0 Å². The average Bonchev–Trinajstić information content (AvgIpc) is 2.49. The molecule has 2 heterocycles. The van der Waals surface area contributed by atoms with Crippen molar-refractivity contribution in [2.24, 2.45) is 0 Å². The second-order valence-corrected chi connectivity index (χ2v) is 4.80. The van der Waals surface area contributed by atoms with Crippen LogP contribution >= 0.6 is 0 Å². The molecular formula is C14H16N4. The van der Waals surface area contributed by atoms with Gasteiger partial charge in [-0.1, -0.05) is 19.3 Å². The van der Waals surface area contributed by atoms with Gasteiger partial charge in [-0.05, 0) is 24.3 Å². The molecule has 92 valence electrons. The van der Waals surface area contributed by atoms with Gasteiger partial charge in [0.25, 0.3) is 0 Å². The minimum Gasteiger partial charge on any atom is -0.244 e. The summed E-state index contributed by atoms with van der Waals surface area (Å²) in [6, 6.07) is 0. The summed E-state index contributed by atoms with van der Waals surface area (Å²) in [6.07, 6.45) is 15.5. The summed E-state index contributed by atoms with van der Waals surface area (Å²) in [6.45, 7) is 0. The molecule has 0 bridgehead atoms. The topological polar surface area (TPSA) is 51.6 Å². The third kappa shape index (κ3) is 2.37. The summed E-state index contributed by atoms with van der Waals surface area (Å²) in [5.41, 5.74) is 2.14. The Bertz CT molecular complexity index is 489. The van der Waals surface area contributed by atoms with E-state index in [1.165, 1.54) is 44.0 Å². The van der Waals surface area contributed by atoms with Crippen LogP contribution in [0.15, 0.2) is 31.1 Å². The smallest absolute Gasteiger partial charge is 0.162 e. The molecular weight excluding hydrogens is 224 g/mol. The van der Waals surface area contributed by atoms with Gasteiger partial charge in [0.05, 0.1) is 5.56 Å². The van der Waals surface area contributed by atoms with Gasteiger partial charge >= 0.3 is 0 Å². The van der Waals surface area contributed by atoms with Crippen molar-refractivity contribution in [2.45, 2.75) is 38.0 Å². The summed E-state index contributed by atoms with van der Waals surface area (Å²) in [5.74, 6) is 1.36. The van der Waals surface area contributed by atoms with Crippen molar-refractivity contribution in [1.82, 2.24) is 19.9 Å². The van der Waals surface area contributed by atoms with Gasteiger partial charge in [-0.25, -0.2) is 19.9 Å². The van der Waals surface area contributed by atoms with E-state index in [1.807, 2.05) is 12.4 Å². The van der Waals surface area contributed by atoms with E-state index in [-0.39, 0.29) is 0 Å². The number of aromatic nitrogens is 4. The van der Waals surface area contributed by atoms with Crippen LogP contribution in [0.4, 0.5) is 0 Å². The predicted octanol–water partition coefficient (Wildman–Crippen LogP) is 2.98. The highest BCUT2D eigenvalue weighted by Crippen LogP contribution is 2.32. The largest absolute Gasteiger partial charge is 0.244 e. The van der Waals surface area contributed by atoms with E-state index < -0.39 is 0 Å². The van der Waals surface area contributed by atoms with Gasteiger partial charge in [-0.3, -0.25) is 0 Å². The molecule has 0 unspecified atom stereocenters. The van der Waals surface area contributed by atoms with Crippen molar-refractivity contribution < 1.29 is 0 Å². The normalized spacial score (nSPS) is 16.7. The zero-order valence-electron chi connectivity index (χ0n) is 10.3. The van der Waals surface area contributed by atoms with E-state index in [0.29, 0.717) is 11.7 Å². The minimum absolute atomic E-state index is 0.653. The van der Waals surface area contributed by atoms with Gasteiger partial charge in [0.1, 0.15) is 6.33 Å². The first kappa shape index (κ1) is 11.3. The summed E-state index contributed by atoms with van der Waals surface area (Å²) >= 11 is 0. The molecule has 1 aliphatic rings. The minimum atomic E-state index is 0.653. The van der Waals surface area contributed by atoms with Gasteiger partial charge in [0, 0.05) is 24.8 Å². The molecule has 3 rings (SSSR count). The Labute approximate surface area is 107 Å². The molecule has 1 fully saturated rings. The van der Waals surface area contributed by atoms with E-state index in [0.717, 1.165) is 5.56 Å². The molecule has 2 aromatic rings. The predicted molar refractivity (Wildman–Crippen MR) is 68.9 cm³/mol. The summed E-state index contributed by atoms with van der Waals surface area (Å²) < 4.78 is 0. The SMILES string of the molecule is c1ncc(-c2ncc(C3CCCCC3)cn2)cn1. The molecule has 0 N–H and O–H groups in total. The lowest BCUT2D eigenvalue weighted by atomic mass is 9.85. The molecule has 1 saturated carbocycles. The molecule has 4 nitrogen and oxygen atoms in total. The van der Waals surface area contributed by atoms with Crippen LogP contribution in [0.2, 0.25) is 0 Å². The Hall–Kier alpha value is -1.84. The number of rotatable bonds is 2. The Morgan fingerprint density at radius 2 is 1.50 bits per heavy atom. The highest BCUT2D eigenvalue weighted by Gasteiger charge is 2.16. The van der Waals surface area contributed by atoms with Crippen LogP contribution in [0.1, 0.15) is 43.6 Å². The molecule has 4 heteroatoms. The fraction of sp³-hybridized carbons (Fsp3) is 0.429. The Morgan fingerprint density at radius 3 is 2.17 bits per heavy atom. The van der Waals surface area contributed by atoms with E-state index in [1.54, 1.807) is 12.4 Å². The molecule has 18 heavy (non-hydrogen) atoms. The molecule has 1 aliphatic carbocycles. The van der Waals surface area contributed by atoms with Crippen molar-refractivity contribution >= 4 is 0 Å². The monoisotopic (exact) mass is 240 g/mol. The summed E-state index contributed by atoms with van der Waals surface area (Å²) in [5, 5.41) is 0. The van der Waals surface area contributed by atoms with Gasteiger partial charge in [-0.15, -0.1) is 0 Å². The first-order valence-electron chi connectivity index (χ1n) is 6.51. The zero-order chi connectivity index (χ0) is 12.2. The van der Waals surface area contributed by atoms with Crippen LogP contribution < -0.4 is 0 Å². The second-order valence-electron chi connectivity index (χ2n) is 4.80. The third-order valence-electron chi connectivity index (χ3n) is 3.57. The number of hydrogen-bond donors (Lipinski definition) is 0. The number of hydrogen-bond acceptors (Lipinski definition) is 4. The Morgan fingerprint density at radius 1 is 0.833 bits per heavy atom. The van der Waals surface area contributed by atoms with Crippen LogP contribution in [0, 0.1) is 0 Å². The first-order chi connectivity index (χ1) is 8.93. The van der Waals surface area contributed by atoms with Crippen LogP contribution in [-0.2, 0) is 0 Å². The van der Waals surface area contributed by atoms with Crippen molar-refractivity contribution in [3.05, 3.63) is 36.7 Å².